The van der Waals surface area contributed by atoms with E-state index < -0.39 is 24.3 Å². The summed E-state index contributed by atoms with van der Waals surface area (Å²) >= 11 is 0. The molecule has 1 aliphatic rings. The Morgan fingerprint density at radius 3 is 2.17 bits per heavy atom. The normalized spacial score (nSPS) is 20.0. The van der Waals surface area contributed by atoms with Crippen LogP contribution in [0.4, 0.5) is 0 Å². The van der Waals surface area contributed by atoms with Crippen molar-refractivity contribution in [2.24, 2.45) is 0 Å². The molecule has 1 saturated heterocycles. The zero-order valence-corrected chi connectivity index (χ0v) is 15.0. The maximum absolute atomic E-state index is 12.0. The van der Waals surface area contributed by atoms with Crippen molar-refractivity contribution in [2.45, 2.75) is 52.2 Å². The van der Waals surface area contributed by atoms with Crippen LogP contribution in [0, 0.1) is 0 Å². The standard InChI is InChI=1S/C17H26BNO5/c1-7-13(15(22)19-11-10-14(20)21)9-8-12(2)18-23-16(3,4)17(5,6)24-18/h7-9H,1,10-11H2,2-6H3,(H,19,22)(H,20,21)/b12-8+,13-9+. The Kier molecular flexibility index (Phi) is 6.57. The molecule has 0 saturated carbocycles. The number of carbonyl (C=O) groups is 2. The lowest BCUT2D eigenvalue weighted by Gasteiger charge is -2.32. The van der Waals surface area contributed by atoms with Crippen LogP contribution in [0.3, 0.4) is 0 Å². The van der Waals surface area contributed by atoms with Crippen molar-refractivity contribution in [1.29, 1.82) is 0 Å². The lowest BCUT2D eigenvalue weighted by Crippen LogP contribution is -2.41. The first-order valence-corrected chi connectivity index (χ1v) is 7.86. The Bertz CT molecular complexity index is 562. The van der Waals surface area contributed by atoms with E-state index in [1.807, 2.05) is 34.6 Å². The van der Waals surface area contributed by atoms with Crippen molar-refractivity contribution in [1.82, 2.24) is 5.32 Å². The van der Waals surface area contributed by atoms with E-state index in [0.29, 0.717) is 5.57 Å². The molecule has 0 aromatic heterocycles. The number of carbonyl (C=O) groups excluding carboxylic acids is 1. The molecule has 0 radical (unpaired) electrons. The van der Waals surface area contributed by atoms with Crippen LogP contribution in [0.15, 0.2) is 35.9 Å². The first-order chi connectivity index (χ1) is 11.0. The number of carboxylic acid groups (broad SMARTS) is 1. The molecule has 1 aliphatic heterocycles. The van der Waals surface area contributed by atoms with Crippen LogP contribution in [0.2, 0.25) is 0 Å². The van der Waals surface area contributed by atoms with Gasteiger partial charge in [0.2, 0.25) is 0 Å². The van der Waals surface area contributed by atoms with E-state index in [1.54, 1.807) is 12.2 Å². The van der Waals surface area contributed by atoms with Crippen LogP contribution >= 0.6 is 0 Å². The highest BCUT2D eigenvalue weighted by Gasteiger charge is 2.51. The van der Waals surface area contributed by atoms with E-state index in [2.05, 4.69) is 11.9 Å². The Balaban J connectivity index is 2.76. The van der Waals surface area contributed by atoms with E-state index in [-0.39, 0.29) is 18.9 Å². The number of hydrogen-bond donors (Lipinski definition) is 2. The molecule has 6 nitrogen and oxygen atoms in total. The highest BCUT2D eigenvalue weighted by molar-refractivity contribution is 6.54. The molecule has 0 bridgehead atoms. The first kappa shape index (κ1) is 20.2. The fourth-order valence-electron chi connectivity index (χ4n) is 1.95. The highest BCUT2D eigenvalue weighted by Crippen LogP contribution is 2.38. The van der Waals surface area contributed by atoms with Gasteiger partial charge in [-0.25, -0.2) is 0 Å². The third-order valence-electron chi connectivity index (χ3n) is 4.26. The molecular formula is C17H26BNO5. The van der Waals surface area contributed by atoms with Gasteiger partial charge in [-0.15, -0.1) is 0 Å². The Morgan fingerprint density at radius 1 is 1.17 bits per heavy atom. The molecular weight excluding hydrogens is 309 g/mol. The van der Waals surface area contributed by atoms with Gasteiger partial charge in [-0.3, -0.25) is 9.59 Å². The van der Waals surface area contributed by atoms with Crippen LogP contribution in [0.5, 0.6) is 0 Å². The smallest absolute Gasteiger partial charge is 0.481 e. The molecule has 0 unspecified atom stereocenters. The van der Waals surface area contributed by atoms with E-state index in [9.17, 15) is 9.59 Å². The summed E-state index contributed by atoms with van der Waals surface area (Å²) in [7, 11) is -0.479. The van der Waals surface area contributed by atoms with Gasteiger partial charge in [-0.05, 0) is 40.1 Å². The van der Waals surface area contributed by atoms with E-state index in [0.717, 1.165) is 5.47 Å². The Morgan fingerprint density at radius 2 is 1.71 bits per heavy atom. The second-order valence-corrected chi connectivity index (χ2v) is 6.72. The molecule has 24 heavy (non-hydrogen) atoms. The number of aliphatic carboxylic acids is 1. The number of carboxylic acids is 1. The van der Waals surface area contributed by atoms with Gasteiger partial charge in [0, 0.05) is 12.1 Å². The molecule has 0 spiro atoms. The fraction of sp³-hybridized carbons (Fsp3) is 0.529. The van der Waals surface area contributed by atoms with Crippen LogP contribution in [0.25, 0.3) is 0 Å². The SMILES string of the molecule is C=C/C(=C\C=C(/C)B1OC(C)(C)C(C)(C)O1)C(=O)NCCC(=O)O. The summed E-state index contributed by atoms with van der Waals surface area (Å²) in [6.07, 6.45) is 4.66. The summed E-state index contributed by atoms with van der Waals surface area (Å²) in [5, 5.41) is 11.1. The van der Waals surface area contributed by atoms with Crippen molar-refractivity contribution >= 4 is 19.0 Å². The fourth-order valence-corrected chi connectivity index (χ4v) is 1.95. The predicted molar refractivity (Wildman–Crippen MR) is 93.4 cm³/mol. The van der Waals surface area contributed by atoms with Gasteiger partial charge < -0.3 is 19.7 Å². The largest absolute Gasteiger partial charge is 0.490 e. The summed E-state index contributed by atoms with van der Waals surface area (Å²) in [6, 6.07) is 0. The summed E-state index contributed by atoms with van der Waals surface area (Å²) in [4.78, 5) is 22.4. The summed E-state index contributed by atoms with van der Waals surface area (Å²) in [6.45, 7) is 13.4. The van der Waals surface area contributed by atoms with Crippen molar-refractivity contribution in [3.05, 3.63) is 35.9 Å². The number of rotatable bonds is 7. The first-order valence-electron chi connectivity index (χ1n) is 7.86. The Labute approximate surface area is 143 Å². The average Bonchev–Trinajstić information content (AvgIpc) is 2.67. The van der Waals surface area contributed by atoms with Gasteiger partial charge in [0.1, 0.15) is 0 Å². The third-order valence-corrected chi connectivity index (χ3v) is 4.26. The average molecular weight is 335 g/mol. The zero-order chi connectivity index (χ0) is 18.5. The van der Waals surface area contributed by atoms with Crippen LogP contribution in [-0.4, -0.2) is 41.8 Å². The lowest BCUT2D eigenvalue weighted by molar-refractivity contribution is -0.136. The van der Waals surface area contributed by atoms with E-state index in [1.165, 1.54) is 6.08 Å². The number of allylic oxidation sites excluding steroid dienone is 3. The maximum Gasteiger partial charge on any atom is 0.490 e. The minimum absolute atomic E-state index is 0.0687. The van der Waals surface area contributed by atoms with Crippen LogP contribution < -0.4 is 5.32 Å². The van der Waals surface area contributed by atoms with Crippen LogP contribution in [0.1, 0.15) is 41.0 Å². The second kappa shape index (κ2) is 7.81. The van der Waals surface area contributed by atoms with Gasteiger partial charge in [0.05, 0.1) is 17.6 Å². The molecule has 132 valence electrons. The molecule has 0 aliphatic carbocycles. The quantitative estimate of drug-likeness (QED) is 0.423. The summed E-state index contributed by atoms with van der Waals surface area (Å²) in [5.74, 6) is -1.33. The molecule has 0 aromatic rings. The topological polar surface area (TPSA) is 84.9 Å². The number of hydrogen-bond acceptors (Lipinski definition) is 4. The second-order valence-electron chi connectivity index (χ2n) is 6.72. The molecule has 1 amide bonds. The molecule has 7 heteroatoms. The molecule has 1 fully saturated rings. The van der Waals surface area contributed by atoms with Crippen molar-refractivity contribution in [3.63, 3.8) is 0 Å². The van der Waals surface area contributed by atoms with Crippen molar-refractivity contribution < 1.29 is 24.0 Å². The Hall–Kier alpha value is -1.86. The number of amides is 1. The van der Waals surface area contributed by atoms with Crippen molar-refractivity contribution in [2.75, 3.05) is 6.54 Å². The third kappa shape index (κ3) is 5.07. The van der Waals surface area contributed by atoms with Gasteiger partial charge in [0.15, 0.2) is 0 Å². The van der Waals surface area contributed by atoms with Crippen molar-refractivity contribution in [3.8, 4) is 0 Å². The summed E-state index contributed by atoms with van der Waals surface area (Å²) < 4.78 is 11.9. The van der Waals surface area contributed by atoms with Crippen LogP contribution in [-0.2, 0) is 18.9 Å². The van der Waals surface area contributed by atoms with E-state index in [4.69, 9.17) is 14.4 Å². The molecule has 1 heterocycles. The number of nitrogens with one attached hydrogen (secondary N) is 1. The van der Waals surface area contributed by atoms with Gasteiger partial charge in [0.25, 0.3) is 5.91 Å². The van der Waals surface area contributed by atoms with Gasteiger partial charge in [-0.1, -0.05) is 24.8 Å². The molecule has 1 rings (SSSR count). The van der Waals surface area contributed by atoms with Gasteiger partial charge in [-0.2, -0.15) is 0 Å². The lowest BCUT2D eigenvalue weighted by atomic mass is 9.79. The minimum atomic E-state index is -0.962. The summed E-state index contributed by atoms with van der Waals surface area (Å²) in [5.41, 5.74) is 0.320. The van der Waals surface area contributed by atoms with E-state index >= 15 is 0 Å². The highest BCUT2D eigenvalue weighted by atomic mass is 16.7. The predicted octanol–water partition coefficient (Wildman–Crippen LogP) is 2.27. The minimum Gasteiger partial charge on any atom is -0.481 e. The molecule has 2 N–H and O–H groups in total. The maximum atomic E-state index is 12.0. The van der Waals surface area contributed by atoms with Gasteiger partial charge >= 0.3 is 13.1 Å². The molecule has 0 aromatic carbocycles. The monoisotopic (exact) mass is 335 g/mol. The zero-order valence-electron chi connectivity index (χ0n) is 15.0. The molecule has 0 atom stereocenters.